The van der Waals surface area contributed by atoms with Crippen LogP contribution in [0.2, 0.25) is 0 Å². The normalized spacial score (nSPS) is 14.1. The van der Waals surface area contributed by atoms with E-state index in [-0.39, 0.29) is 31.1 Å². The molecule has 3 rings (SSSR count). The first kappa shape index (κ1) is 35.7. The van der Waals surface area contributed by atoms with Crippen molar-refractivity contribution in [3.63, 3.8) is 0 Å². The van der Waals surface area contributed by atoms with Crippen LogP contribution in [0.3, 0.4) is 0 Å². The van der Waals surface area contributed by atoms with E-state index in [9.17, 15) is 14.4 Å². The third kappa shape index (κ3) is 10.7. The second-order valence-corrected chi connectivity index (χ2v) is 13.6. The fourth-order valence-electron chi connectivity index (χ4n) is 5.16. The first-order chi connectivity index (χ1) is 21.0. The van der Waals surface area contributed by atoms with E-state index in [2.05, 4.69) is 55.4 Å². The molecule has 45 heavy (non-hydrogen) atoms. The first-order valence-corrected chi connectivity index (χ1v) is 15.8. The Morgan fingerprint density at radius 3 is 2.02 bits per heavy atom. The van der Waals surface area contributed by atoms with Crippen molar-refractivity contribution in [3.05, 3.63) is 59.2 Å². The molecule has 0 radical (unpaired) electrons. The Kier molecular flexibility index (Phi) is 12.3. The maximum atomic E-state index is 13.6. The summed E-state index contributed by atoms with van der Waals surface area (Å²) in [6.07, 6.45) is -0.444. The number of hydrogen-bond acceptors (Lipinski definition) is 7. The summed E-state index contributed by atoms with van der Waals surface area (Å²) < 4.78 is 16.4. The predicted octanol–water partition coefficient (Wildman–Crippen LogP) is 5.58. The minimum atomic E-state index is -0.794. The Labute approximate surface area is 268 Å². The smallest absolute Gasteiger partial charge is 0.408 e. The largest absolute Gasteiger partial charge is 0.454 e. The second kappa shape index (κ2) is 15.5. The summed E-state index contributed by atoms with van der Waals surface area (Å²) in [5.41, 5.74) is 2.05. The maximum Gasteiger partial charge on any atom is 0.408 e. The quantitative estimate of drug-likeness (QED) is 0.299. The van der Waals surface area contributed by atoms with E-state index in [1.54, 1.807) is 50.9 Å². The van der Waals surface area contributed by atoms with Crippen LogP contribution in [0.5, 0.6) is 11.5 Å². The standard InChI is InChI=1S/C35H52N4O6/c1-22(2)38(10)33(41)29(17-25-11-13-26(14-12-25)20-39(23(3)4)24(5)6)36-32(40)19-28(37-34(42)45-35(7,8)9)27-15-16-30-31(18-27)44-21-43-30/h11-16,18,22-24,28-29H,17,19-21H2,1-10H3,(H,36,40)(H,37,42). The number of nitrogens with one attached hydrogen (secondary N) is 2. The van der Waals surface area contributed by atoms with Gasteiger partial charge in [-0.05, 0) is 91.1 Å². The van der Waals surface area contributed by atoms with Crippen molar-refractivity contribution >= 4 is 17.9 Å². The van der Waals surface area contributed by atoms with E-state index in [1.807, 2.05) is 26.0 Å². The van der Waals surface area contributed by atoms with Crippen molar-refractivity contribution in [2.24, 2.45) is 0 Å². The van der Waals surface area contributed by atoms with Gasteiger partial charge in [-0.15, -0.1) is 0 Å². The number of nitrogens with zero attached hydrogens (tertiary/aromatic N) is 2. The molecular formula is C35H52N4O6. The minimum absolute atomic E-state index is 0.0486. The van der Waals surface area contributed by atoms with Crippen molar-refractivity contribution < 1.29 is 28.6 Å². The lowest BCUT2D eigenvalue weighted by Gasteiger charge is -2.30. The number of fused-ring (bicyclic) bond motifs is 1. The fraction of sp³-hybridized carbons (Fsp3) is 0.571. The van der Waals surface area contributed by atoms with Gasteiger partial charge in [0.15, 0.2) is 11.5 Å². The third-order valence-corrected chi connectivity index (χ3v) is 7.79. The predicted molar refractivity (Wildman–Crippen MR) is 175 cm³/mol. The SMILES string of the molecule is CC(C)N(C)C(=O)C(Cc1ccc(CN(C(C)C)C(C)C)cc1)NC(=O)CC(NC(=O)OC(C)(C)C)c1ccc2c(c1)OCO2. The molecule has 0 saturated heterocycles. The van der Waals surface area contributed by atoms with Gasteiger partial charge >= 0.3 is 6.09 Å². The molecule has 0 spiro atoms. The van der Waals surface area contributed by atoms with Gasteiger partial charge in [0, 0.05) is 38.1 Å². The van der Waals surface area contributed by atoms with E-state index < -0.39 is 23.8 Å². The van der Waals surface area contributed by atoms with E-state index in [4.69, 9.17) is 14.2 Å². The molecule has 10 nitrogen and oxygen atoms in total. The maximum absolute atomic E-state index is 13.6. The lowest BCUT2D eigenvalue weighted by atomic mass is 10.00. The number of likely N-dealkylation sites (N-methyl/N-ethyl adjacent to an activating group) is 1. The van der Waals surface area contributed by atoms with E-state index >= 15 is 0 Å². The van der Waals surface area contributed by atoms with E-state index in [0.29, 0.717) is 35.6 Å². The van der Waals surface area contributed by atoms with Crippen LogP contribution in [0.15, 0.2) is 42.5 Å². The van der Waals surface area contributed by atoms with Crippen molar-refractivity contribution in [1.82, 2.24) is 20.4 Å². The lowest BCUT2D eigenvalue weighted by molar-refractivity contribution is -0.136. The highest BCUT2D eigenvalue weighted by Gasteiger charge is 2.29. The van der Waals surface area contributed by atoms with Crippen LogP contribution in [0, 0.1) is 0 Å². The van der Waals surface area contributed by atoms with Gasteiger partial charge in [-0.2, -0.15) is 0 Å². The summed E-state index contributed by atoms with van der Waals surface area (Å²) in [6.45, 7) is 18.9. The molecule has 10 heteroatoms. The summed E-state index contributed by atoms with van der Waals surface area (Å²) in [5, 5.41) is 5.79. The van der Waals surface area contributed by atoms with Gasteiger partial charge in [0.05, 0.1) is 12.5 Å². The zero-order valence-corrected chi connectivity index (χ0v) is 28.6. The van der Waals surface area contributed by atoms with Gasteiger partial charge < -0.3 is 29.7 Å². The third-order valence-electron chi connectivity index (χ3n) is 7.79. The summed E-state index contributed by atoms with van der Waals surface area (Å²) >= 11 is 0. The molecule has 0 bridgehead atoms. The highest BCUT2D eigenvalue weighted by Crippen LogP contribution is 2.35. The van der Waals surface area contributed by atoms with Gasteiger partial charge in [-0.25, -0.2) is 4.79 Å². The topological polar surface area (TPSA) is 109 Å². The number of carbonyl (C=O) groups excluding carboxylic acids is 3. The van der Waals surface area contributed by atoms with Gasteiger partial charge in [0.25, 0.3) is 0 Å². The number of amides is 3. The molecule has 2 aromatic carbocycles. The Morgan fingerprint density at radius 1 is 0.844 bits per heavy atom. The van der Waals surface area contributed by atoms with Crippen LogP contribution in [-0.4, -0.2) is 71.3 Å². The average molecular weight is 625 g/mol. The molecule has 0 aliphatic carbocycles. The van der Waals surface area contributed by atoms with Crippen LogP contribution < -0.4 is 20.1 Å². The number of benzene rings is 2. The number of ether oxygens (including phenoxy) is 3. The van der Waals surface area contributed by atoms with E-state index in [0.717, 1.165) is 12.1 Å². The monoisotopic (exact) mass is 624 g/mol. The van der Waals surface area contributed by atoms with Crippen LogP contribution in [-0.2, 0) is 27.3 Å². The second-order valence-electron chi connectivity index (χ2n) is 13.6. The molecule has 0 aromatic heterocycles. The number of alkyl carbamates (subject to hydrolysis) is 1. The molecule has 2 atom stereocenters. The van der Waals surface area contributed by atoms with Gasteiger partial charge in [0.2, 0.25) is 18.6 Å². The highest BCUT2D eigenvalue weighted by atomic mass is 16.7. The zero-order valence-electron chi connectivity index (χ0n) is 28.6. The number of hydrogen-bond donors (Lipinski definition) is 2. The molecule has 2 unspecified atom stereocenters. The van der Waals surface area contributed by atoms with Gasteiger partial charge in [0.1, 0.15) is 11.6 Å². The van der Waals surface area contributed by atoms with Crippen molar-refractivity contribution in [2.75, 3.05) is 13.8 Å². The molecule has 0 saturated carbocycles. The Morgan fingerprint density at radius 2 is 1.44 bits per heavy atom. The summed E-state index contributed by atoms with van der Waals surface area (Å²) in [6, 6.07) is 12.7. The average Bonchev–Trinajstić information content (AvgIpc) is 3.42. The molecule has 1 aliphatic heterocycles. The Hall–Kier alpha value is -3.79. The molecule has 1 heterocycles. The number of rotatable bonds is 13. The minimum Gasteiger partial charge on any atom is -0.454 e. The molecule has 2 aromatic rings. The summed E-state index contributed by atoms with van der Waals surface area (Å²) in [7, 11) is 1.74. The molecule has 2 N–H and O–H groups in total. The molecule has 1 aliphatic rings. The van der Waals surface area contributed by atoms with Crippen LogP contribution in [0.25, 0.3) is 0 Å². The first-order valence-electron chi connectivity index (χ1n) is 15.8. The highest BCUT2D eigenvalue weighted by molar-refractivity contribution is 5.88. The molecule has 0 fully saturated rings. The Balaban J connectivity index is 1.80. The Bertz CT molecular complexity index is 1290. The van der Waals surface area contributed by atoms with Gasteiger partial charge in [-0.3, -0.25) is 14.5 Å². The van der Waals surface area contributed by atoms with Crippen molar-refractivity contribution in [1.29, 1.82) is 0 Å². The van der Waals surface area contributed by atoms with E-state index in [1.165, 1.54) is 5.56 Å². The summed E-state index contributed by atoms with van der Waals surface area (Å²) in [5.74, 6) is 0.552. The molecular weight excluding hydrogens is 572 g/mol. The molecule has 3 amide bonds. The van der Waals surface area contributed by atoms with Crippen molar-refractivity contribution in [3.8, 4) is 11.5 Å². The lowest BCUT2D eigenvalue weighted by Crippen LogP contribution is -2.51. The number of carbonyl (C=O) groups is 3. The van der Waals surface area contributed by atoms with Crippen LogP contribution in [0.1, 0.15) is 91.5 Å². The van der Waals surface area contributed by atoms with Crippen molar-refractivity contribution in [2.45, 2.75) is 118 Å². The zero-order chi connectivity index (χ0) is 33.5. The van der Waals surface area contributed by atoms with Crippen LogP contribution >= 0.6 is 0 Å². The summed E-state index contributed by atoms with van der Waals surface area (Å²) in [4.78, 5) is 44.0. The van der Waals surface area contributed by atoms with Crippen LogP contribution in [0.4, 0.5) is 4.79 Å². The van der Waals surface area contributed by atoms with Gasteiger partial charge in [-0.1, -0.05) is 30.3 Å². The molecule has 248 valence electrons. The fourth-order valence-corrected chi connectivity index (χ4v) is 5.16.